The van der Waals surface area contributed by atoms with E-state index in [-0.39, 0.29) is 6.10 Å². The van der Waals surface area contributed by atoms with Crippen LogP contribution in [0.15, 0.2) is 0 Å². The Morgan fingerprint density at radius 2 is 2.00 bits per heavy atom. The fourth-order valence-electron chi connectivity index (χ4n) is 2.27. The maximum Gasteiger partial charge on any atom is 0.0609 e. The molecule has 1 saturated carbocycles. The summed E-state index contributed by atoms with van der Waals surface area (Å²) in [6.45, 7) is 6.30. The zero-order chi connectivity index (χ0) is 9.19. The maximum absolute atomic E-state index is 9.49. The molecule has 2 rings (SSSR count). The van der Waals surface area contributed by atoms with Gasteiger partial charge in [-0.3, -0.25) is 0 Å². The molecule has 1 N–H and O–H groups in total. The SMILES string of the molecule is CC.CN1CCC2(CCC2O)C1. The van der Waals surface area contributed by atoms with Crippen LogP contribution in [0.5, 0.6) is 0 Å². The Balaban J connectivity index is 0.000000336. The third-order valence-corrected chi connectivity index (χ3v) is 3.20. The quantitative estimate of drug-likeness (QED) is 0.597. The van der Waals surface area contributed by atoms with Gasteiger partial charge in [0, 0.05) is 12.0 Å². The molecule has 2 nitrogen and oxygen atoms in total. The molecule has 0 radical (unpaired) electrons. The van der Waals surface area contributed by atoms with E-state index in [1.807, 2.05) is 13.8 Å². The molecule has 2 fully saturated rings. The highest BCUT2D eigenvalue weighted by molar-refractivity contribution is 5.01. The van der Waals surface area contributed by atoms with Gasteiger partial charge in [-0.25, -0.2) is 0 Å². The Labute approximate surface area is 75.6 Å². The molecular weight excluding hydrogens is 150 g/mol. The van der Waals surface area contributed by atoms with Crippen LogP contribution in [-0.4, -0.2) is 36.2 Å². The molecule has 0 aromatic heterocycles. The van der Waals surface area contributed by atoms with Gasteiger partial charge in [0.25, 0.3) is 0 Å². The van der Waals surface area contributed by atoms with Crippen LogP contribution in [0.25, 0.3) is 0 Å². The van der Waals surface area contributed by atoms with Gasteiger partial charge in [-0.15, -0.1) is 0 Å². The van der Waals surface area contributed by atoms with Gasteiger partial charge in [-0.2, -0.15) is 0 Å². The molecule has 0 bridgehead atoms. The molecule has 12 heavy (non-hydrogen) atoms. The Morgan fingerprint density at radius 3 is 2.17 bits per heavy atom. The van der Waals surface area contributed by atoms with E-state index in [4.69, 9.17) is 0 Å². The summed E-state index contributed by atoms with van der Waals surface area (Å²) in [6, 6.07) is 0. The van der Waals surface area contributed by atoms with Crippen molar-refractivity contribution >= 4 is 0 Å². The van der Waals surface area contributed by atoms with Crippen LogP contribution in [0, 0.1) is 5.41 Å². The van der Waals surface area contributed by atoms with Crippen LogP contribution >= 0.6 is 0 Å². The second-order valence-electron chi connectivity index (χ2n) is 3.90. The molecule has 2 atom stereocenters. The van der Waals surface area contributed by atoms with Crippen LogP contribution in [0.3, 0.4) is 0 Å². The van der Waals surface area contributed by atoms with Gasteiger partial charge in [0.1, 0.15) is 0 Å². The normalized spacial score (nSPS) is 40.5. The minimum Gasteiger partial charge on any atom is -0.392 e. The summed E-state index contributed by atoms with van der Waals surface area (Å²) in [5.74, 6) is 0. The molecule has 0 aromatic carbocycles. The van der Waals surface area contributed by atoms with E-state index in [1.165, 1.54) is 19.4 Å². The van der Waals surface area contributed by atoms with Crippen molar-refractivity contribution in [1.82, 2.24) is 4.90 Å². The fraction of sp³-hybridized carbons (Fsp3) is 1.00. The first-order chi connectivity index (χ1) is 5.73. The standard InChI is InChI=1S/C8H15NO.C2H6/c1-9-5-4-8(6-9)3-2-7(8)10;1-2/h7,10H,2-6H2,1H3;1-2H3. The lowest BCUT2D eigenvalue weighted by Gasteiger charge is -2.43. The van der Waals surface area contributed by atoms with Crippen molar-refractivity contribution in [2.24, 2.45) is 5.41 Å². The summed E-state index contributed by atoms with van der Waals surface area (Å²) in [5.41, 5.74) is 0.328. The van der Waals surface area contributed by atoms with E-state index in [9.17, 15) is 5.11 Å². The zero-order valence-electron chi connectivity index (χ0n) is 8.51. The highest BCUT2D eigenvalue weighted by Gasteiger charge is 2.48. The summed E-state index contributed by atoms with van der Waals surface area (Å²) < 4.78 is 0. The van der Waals surface area contributed by atoms with Crippen molar-refractivity contribution in [1.29, 1.82) is 0 Å². The molecule has 1 aliphatic heterocycles. The largest absolute Gasteiger partial charge is 0.392 e. The first kappa shape index (κ1) is 10.0. The van der Waals surface area contributed by atoms with Crippen LogP contribution in [-0.2, 0) is 0 Å². The predicted molar refractivity (Wildman–Crippen MR) is 51.1 cm³/mol. The third kappa shape index (κ3) is 1.50. The second kappa shape index (κ2) is 3.75. The lowest BCUT2D eigenvalue weighted by molar-refractivity contribution is -0.0554. The van der Waals surface area contributed by atoms with Crippen molar-refractivity contribution in [3.8, 4) is 0 Å². The van der Waals surface area contributed by atoms with Crippen molar-refractivity contribution in [3.63, 3.8) is 0 Å². The molecular formula is C10H21NO. The zero-order valence-corrected chi connectivity index (χ0v) is 8.51. The average molecular weight is 171 g/mol. The summed E-state index contributed by atoms with van der Waals surface area (Å²) in [6.07, 6.45) is 3.51. The van der Waals surface area contributed by atoms with Crippen molar-refractivity contribution in [2.45, 2.75) is 39.2 Å². The number of rotatable bonds is 0. The van der Waals surface area contributed by atoms with E-state index in [0.717, 1.165) is 13.0 Å². The minimum absolute atomic E-state index is 0.0115. The highest BCUT2D eigenvalue weighted by atomic mass is 16.3. The van der Waals surface area contributed by atoms with Crippen LogP contribution < -0.4 is 0 Å². The molecule has 1 aliphatic carbocycles. The van der Waals surface area contributed by atoms with E-state index in [1.54, 1.807) is 0 Å². The Bertz CT molecular complexity index is 149. The lowest BCUT2D eigenvalue weighted by Crippen LogP contribution is -2.46. The molecule has 1 saturated heterocycles. The maximum atomic E-state index is 9.49. The highest BCUT2D eigenvalue weighted by Crippen LogP contribution is 2.47. The average Bonchev–Trinajstić information content (AvgIpc) is 2.51. The second-order valence-corrected chi connectivity index (χ2v) is 3.90. The molecule has 1 heterocycles. The Hall–Kier alpha value is -0.0800. The smallest absolute Gasteiger partial charge is 0.0609 e. The number of hydrogen-bond acceptors (Lipinski definition) is 2. The Kier molecular flexibility index (Phi) is 3.13. The molecule has 2 heteroatoms. The minimum atomic E-state index is 0.0115. The fourth-order valence-corrected chi connectivity index (χ4v) is 2.27. The van der Waals surface area contributed by atoms with E-state index < -0.39 is 0 Å². The number of aliphatic hydroxyl groups excluding tert-OH is 1. The van der Waals surface area contributed by atoms with Crippen molar-refractivity contribution in [2.75, 3.05) is 20.1 Å². The lowest BCUT2D eigenvalue weighted by atomic mass is 9.66. The van der Waals surface area contributed by atoms with Crippen molar-refractivity contribution < 1.29 is 5.11 Å². The van der Waals surface area contributed by atoms with E-state index >= 15 is 0 Å². The number of likely N-dealkylation sites (tertiary alicyclic amines) is 1. The molecule has 72 valence electrons. The molecule has 0 aromatic rings. The third-order valence-electron chi connectivity index (χ3n) is 3.20. The summed E-state index contributed by atoms with van der Waals surface area (Å²) >= 11 is 0. The van der Waals surface area contributed by atoms with Crippen molar-refractivity contribution in [3.05, 3.63) is 0 Å². The van der Waals surface area contributed by atoms with Gasteiger partial charge in [-0.1, -0.05) is 13.8 Å². The van der Waals surface area contributed by atoms with Gasteiger partial charge in [-0.05, 0) is 32.9 Å². The van der Waals surface area contributed by atoms with Gasteiger partial charge in [0.15, 0.2) is 0 Å². The molecule has 0 amide bonds. The number of nitrogens with zero attached hydrogens (tertiary/aromatic N) is 1. The molecule has 2 unspecified atom stereocenters. The topological polar surface area (TPSA) is 23.5 Å². The van der Waals surface area contributed by atoms with Crippen LogP contribution in [0.2, 0.25) is 0 Å². The summed E-state index contributed by atoms with van der Waals surface area (Å²) in [4.78, 5) is 2.32. The Morgan fingerprint density at radius 1 is 1.33 bits per heavy atom. The molecule has 1 spiro atoms. The van der Waals surface area contributed by atoms with Crippen LogP contribution in [0.1, 0.15) is 33.1 Å². The molecule has 2 aliphatic rings. The van der Waals surface area contributed by atoms with Gasteiger partial charge in [0.2, 0.25) is 0 Å². The summed E-state index contributed by atoms with van der Waals surface area (Å²) in [5, 5.41) is 9.49. The predicted octanol–water partition coefficient (Wildman–Crippen LogP) is 1.49. The van der Waals surface area contributed by atoms with Gasteiger partial charge < -0.3 is 10.0 Å². The van der Waals surface area contributed by atoms with Gasteiger partial charge >= 0.3 is 0 Å². The van der Waals surface area contributed by atoms with Gasteiger partial charge in [0.05, 0.1) is 6.10 Å². The van der Waals surface area contributed by atoms with Crippen LogP contribution in [0.4, 0.5) is 0 Å². The number of hydrogen-bond donors (Lipinski definition) is 1. The van der Waals surface area contributed by atoms with E-state index in [2.05, 4.69) is 11.9 Å². The summed E-state index contributed by atoms with van der Waals surface area (Å²) in [7, 11) is 2.14. The first-order valence-electron chi connectivity index (χ1n) is 5.10. The monoisotopic (exact) mass is 171 g/mol. The van der Waals surface area contributed by atoms with E-state index in [0.29, 0.717) is 5.41 Å². The number of aliphatic hydroxyl groups is 1. The first-order valence-corrected chi connectivity index (χ1v) is 5.10.